The van der Waals surface area contributed by atoms with E-state index in [0.717, 1.165) is 70.2 Å². The Balaban J connectivity index is 1.38. The van der Waals surface area contributed by atoms with Gasteiger partial charge >= 0.3 is 0 Å². The van der Waals surface area contributed by atoms with Crippen molar-refractivity contribution in [3.8, 4) is 0 Å². The van der Waals surface area contributed by atoms with Crippen LogP contribution in [0.4, 0.5) is 5.95 Å². The van der Waals surface area contributed by atoms with Gasteiger partial charge in [-0.2, -0.15) is 5.10 Å². The lowest BCUT2D eigenvalue weighted by Gasteiger charge is -2.32. The van der Waals surface area contributed by atoms with Gasteiger partial charge in [0, 0.05) is 49.4 Å². The van der Waals surface area contributed by atoms with Crippen LogP contribution in [-0.2, 0) is 13.1 Å². The topological polar surface area (TPSA) is 70.1 Å². The molecular weight excluding hydrogens is 364 g/mol. The first-order chi connectivity index (χ1) is 14.1. The molecule has 0 spiro atoms. The van der Waals surface area contributed by atoms with E-state index in [9.17, 15) is 4.79 Å². The molecule has 4 rings (SSSR count). The number of nitrogens with zero attached hydrogens (tertiary/aromatic N) is 5. The van der Waals surface area contributed by atoms with E-state index in [2.05, 4.69) is 38.4 Å². The number of nitrogens with one attached hydrogen (secondary N) is 1. The van der Waals surface area contributed by atoms with Gasteiger partial charge in [-0.25, -0.2) is 4.98 Å². The first-order valence-corrected chi connectivity index (χ1v) is 11.2. The van der Waals surface area contributed by atoms with Gasteiger partial charge in [0.2, 0.25) is 5.95 Å². The largest absolute Gasteiger partial charge is 0.342 e. The van der Waals surface area contributed by atoms with Gasteiger partial charge in [0.1, 0.15) is 0 Å². The van der Waals surface area contributed by atoms with Crippen molar-refractivity contribution in [2.75, 3.05) is 31.1 Å². The third-order valence-corrected chi connectivity index (χ3v) is 6.44. The Bertz CT molecular complexity index is 858. The average Bonchev–Trinajstić information content (AvgIpc) is 3.08. The highest BCUT2D eigenvalue weighted by Gasteiger charge is 2.24. The zero-order valence-corrected chi connectivity index (χ0v) is 17.9. The van der Waals surface area contributed by atoms with E-state index < -0.39 is 0 Å². The summed E-state index contributed by atoms with van der Waals surface area (Å²) >= 11 is 0. The maximum atomic E-state index is 12.3. The van der Waals surface area contributed by atoms with E-state index in [-0.39, 0.29) is 5.56 Å². The first kappa shape index (κ1) is 20.1. The molecule has 0 atom stereocenters. The quantitative estimate of drug-likeness (QED) is 0.810. The van der Waals surface area contributed by atoms with Crippen LogP contribution in [0.15, 0.2) is 17.1 Å². The molecule has 1 N–H and O–H groups in total. The molecular formula is C22H34N6O. The lowest BCUT2D eigenvalue weighted by atomic mass is 9.93. The molecule has 2 fully saturated rings. The fraction of sp³-hybridized carbons (Fsp3) is 0.682. The van der Waals surface area contributed by atoms with Crippen molar-refractivity contribution in [1.82, 2.24) is 24.6 Å². The molecule has 2 aliphatic heterocycles. The minimum absolute atomic E-state index is 0.0167. The van der Waals surface area contributed by atoms with Crippen LogP contribution < -0.4 is 10.5 Å². The van der Waals surface area contributed by atoms with Crippen LogP contribution in [0.3, 0.4) is 0 Å². The second kappa shape index (κ2) is 9.11. The van der Waals surface area contributed by atoms with Gasteiger partial charge in [-0.15, -0.1) is 0 Å². The summed E-state index contributed by atoms with van der Waals surface area (Å²) in [6, 6.07) is 1.71. The van der Waals surface area contributed by atoms with Crippen LogP contribution in [0.2, 0.25) is 0 Å². The molecule has 0 saturated carbocycles. The van der Waals surface area contributed by atoms with Crippen molar-refractivity contribution in [3.05, 3.63) is 39.6 Å². The van der Waals surface area contributed by atoms with Gasteiger partial charge < -0.3 is 4.90 Å². The summed E-state index contributed by atoms with van der Waals surface area (Å²) in [5.74, 6) is 1.15. The number of rotatable bonds is 6. The van der Waals surface area contributed by atoms with E-state index in [1.807, 2.05) is 6.20 Å². The predicted molar refractivity (Wildman–Crippen MR) is 115 cm³/mol. The lowest BCUT2D eigenvalue weighted by molar-refractivity contribution is 0.203. The number of anilines is 1. The van der Waals surface area contributed by atoms with Gasteiger partial charge in [0.25, 0.3) is 5.56 Å². The molecule has 2 saturated heterocycles. The molecule has 7 heteroatoms. The highest BCUT2D eigenvalue weighted by Crippen LogP contribution is 2.28. The SMILES string of the molecule is CCCn1ncc(CN2CCC(c3cc(=O)[nH]c(N4CCCCC4)n3)CC2)c1C. The minimum Gasteiger partial charge on any atom is -0.342 e. The summed E-state index contributed by atoms with van der Waals surface area (Å²) in [5.41, 5.74) is 3.58. The number of likely N-dealkylation sites (tertiary alicyclic amines) is 1. The Morgan fingerprint density at radius 3 is 2.62 bits per heavy atom. The third-order valence-electron chi connectivity index (χ3n) is 6.44. The van der Waals surface area contributed by atoms with E-state index in [0.29, 0.717) is 5.92 Å². The Morgan fingerprint density at radius 2 is 1.90 bits per heavy atom. The Hall–Kier alpha value is -2.15. The Morgan fingerprint density at radius 1 is 1.14 bits per heavy atom. The molecule has 0 aliphatic carbocycles. The monoisotopic (exact) mass is 398 g/mol. The number of aryl methyl sites for hydroxylation is 1. The van der Waals surface area contributed by atoms with E-state index >= 15 is 0 Å². The molecule has 0 radical (unpaired) electrons. The summed E-state index contributed by atoms with van der Waals surface area (Å²) in [7, 11) is 0. The predicted octanol–water partition coefficient (Wildman–Crippen LogP) is 3.05. The normalized spacial score (nSPS) is 19.0. The number of H-pyrrole nitrogens is 1. The molecule has 0 amide bonds. The second-order valence-corrected chi connectivity index (χ2v) is 8.57. The molecule has 0 bridgehead atoms. The molecule has 158 valence electrons. The molecule has 7 nitrogen and oxygen atoms in total. The number of hydrogen-bond donors (Lipinski definition) is 1. The zero-order valence-electron chi connectivity index (χ0n) is 17.9. The fourth-order valence-corrected chi connectivity index (χ4v) is 4.63. The van der Waals surface area contributed by atoms with Crippen LogP contribution in [0, 0.1) is 6.92 Å². The van der Waals surface area contributed by atoms with Gasteiger partial charge in [-0.05, 0) is 58.5 Å². The molecule has 29 heavy (non-hydrogen) atoms. The number of aromatic amines is 1. The van der Waals surface area contributed by atoms with Gasteiger partial charge in [-0.1, -0.05) is 6.92 Å². The minimum atomic E-state index is -0.0167. The smallest absolute Gasteiger partial charge is 0.252 e. The van der Waals surface area contributed by atoms with Crippen molar-refractivity contribution >= 4 is 5.95 Å². The number of piperidine rings is 2. The van der Waals surface area contributed by atoms with E-state index in [4.69, 9.17) is 4.98 Å². The molecule has 0 aromatic carbocycles. The summed E-state index contributed by atoms with van der Waals surface area (Å²) in [5, 5.41) is 4.53. The van der Waals surface area contributed by atoms with Crippen LogP contribution in [-0.4, -0.2) is 50.8 Å². The molecule has 2 aromatic heterocycles. The third kappa shape index (κ3) is 4.71. The number of aromatic nitrogens is 4. The van der Waals surface area contributed by atoms with Gasteiger partial charge in [0.05, 0.1) is 11.9 Å². The van der Waals surface area contributed by atoms with Crippen molar-refractivity contribution in [2.45, 2.75) is 71.4 Å². The van der Waals surface area contributed by atoms with Crippen LogP contribution in [0.1, 0.15) is 68.3 Å². The molecule has 0 unspecified atom stereocenters. The first-order valence-electron chi connectivity index (χ1n) is 11.2. The summed E-state index contributed by atoms with van der Waals surface area (Å²) in [6.45, 7) is 10.4. The van der Waals surface area contributed by atoms with Crippen molar-refractivity contribution in [2.24, 2.45) is 0 Å². The van der Waals surface area contributed by atoms with Crippen molar-refractivity contribution < 1.29 is 0 Å². The summed E-state index contributed by atoms with van der Waals surface area (Å²) in [4.78, 5) is 24.8. The van der Waals surface area contributed by atoms with Gasteiger partial charge in [0.15, 0.2) is 0 Å². The fourth-order valence-electron chi connectivity index (χ4n) is 4.63. The maximum Gasteiger partial charge on any atom is 0.252 e. The highest BCUT2D eigenvalue weighted by molar-refractivity contribution is 5.31. The standard InChI is InChI=1S/C22H34N6O/c1-3-9-28-17(2)19(15-23-28)16-26-12-7-18(8-13-26)20-14-21(29)25-22(24-20)27-10-5-4-6-11-27/h14-15,18H,3-13,16H2,1-2H3,(H,24,25,29). The van der Waals surface area contributed by atoms with Crippen LogP contribution in [0.25, 0.3) is 0 Å². The average molecular weight is 399 g/mol. The Kier molecular flexibility index (Phi) is 6.33. The van der Waals surface area contributed by atoms with Crippen molar-refractivity contribution in [3.63, 3.8) is 0 Å². The molecule has 2 aromatic rings. The summed E-state index contributed by atoms with van der Waals surface area (Å²) < 4.78 is 2.12. The van der Waals surface area contributed by atoms with E-state index in [1.165, 1.54) is 30.5 Å². The number of hydrogen-bond acceptors (Lipinski definition) is 5. The maximum absolute atomic E-state index is 12.3. The van der Waals surface area contributed by atoms with Crippen LogP contribution >= 0.6 is 0 Å². The van der Waals surface area contributed by atoms with Gasteiger partial charge in [-0.3, -0.25) is 19.4 Å². The lowest BCUT2D eigenvalue weighted by Crippen LogP contribution is -2.35. The second-order valence-electron chi connectivity index (χ2n) is 8.57. The highest BCUT2D eigenvalue weighted by atomic mass is 16.1. The summed E-state index contributed by atoms with van der Waals surface area (Å²) in [6.07, 6.45) is 8.88. The molecule has 2 aliphatic rings. The van der Waals surface area contributed by atoms with E-state index in [1.54, 1.807) is 6.07 Å². The van der Waals surface area contributed by atoms with Crippen molar-refractivity contribution in [1.29, 1.82) is 0 Å². The zero-order chi connectivity index (χ0) is 20.2. The Labute approximate surface area is 173 Å². The van der Waals surface area contributed by atoms with Crippen LogP contribution in [0.5, 0.6) is 0 Å². The molecule has 4 heterocycles.